The molecule has 1 aliphatic heterocycles. The number of fused-ring (bicyclic) bond motifs is 1. The molecule has 1 aliphatic carbocycles. The molecule has 2 heterocycles. The van der Waals surface area contributed by atoms with Gasteiger partial charge in [-0.1, -0.05) is 24.3 Å². The minimum absolute atomic E-state index is 0. The zero-order chi connectivity index (χ0) is 23.2. The first-order chi connectivity index (χ1) is 15.9. The summed E-state index contributed by atoms with van der Waals surface area (Å²) >= 11 is 0. The molecule has 2 amide bonds. The summed E-state index contributed by atoms with van der Waals surface area (Å²) in [5.41, 5.74) is 3.61. The molecular formula is C26H27N3O4. The number of carbonyl (C=O) groups is 2. The lowest BCUT2D eigenvalue weighted by Gasteiger charge is -2.17. The number of carbonyl (C=O) groups excluding carboxylic acids is 2. The van der Waals surface area contributed by atoms with Crippen molar-refractivity contribution in [2.45, 2.75) is 25.2 Å². The Morgan fingerprint density at radius 3 is 2.42 bits per heavy atom. The number of aromatic nitrogens is 1. The average molecular weight is 446 g/mol. The molecule has 1 fully saturated rings. The Morgan fingerprint density at radius 1 is 1.00 bits per heavy atom. The highest BCUT2D eigenvalue weighted by molar-refractivity contribution is 6.01. The molecule has 7 nitrogen and oxygen atoms in total. The van der Waals surface area contributed by atoms with Gasteiger partial charge in [-0.25, -0.2) is 4.98 Å². The number of hydrogen-bond acceptors (Lipinski definition) is 5. The topological polar surface area (TPSA) is 80.8 Å². The molecule has 0 spiro atoms. The standard InChI is InChI=1S/C26H25N3O4.H2/c1-16-4-11-22(27-23(16)17-5-7-18(8-6-17)24(30)29(2)3)28-25(31)26(12-13-26)19-9-10-20-21(14-19)33-15-32-20;/h4-11,14H,12-13,15H2,1-3H3,(H,27,28,31);1H. The van der Waals surface area contributed by atoms with Crippen LogP contribution in [0, 0.1) is 6.92 Å². The lowest BCUT2D eigenvalue weighted by Crippen LogP contribution is -2.28. The van der Waals surface area contributed by atoms with Gasteiger partial charge in [-0.2, -0.15) is 0 Å². The van der Waals surface area contributed by atoms with Crippen molar-refractivity contribution in [1.29, 1.82) is 0 Å². The Morgan fingerprint density at radius 2 is 1.73 bits per heavy atom. The van der Waals surface area contributed by atoms with Crippen LogP contribution in [0.2, 0.25) is 0 Å². The summed E-state index contributed by atoms with van der Waals surface area (Å²) in [4.78, 5) is 31.7. The van der Waals surface area contributed by atoms with Gasteiger partial charge in [0.1, 0.15) is 5.82 Å². The van der Waals surface area contributed by atoms with Crippen LogP contribution < -0.4 is 14.8 Å². The largest absolute Gasteiger partial charge is 0.454 e. The second-order valence-electron chi connectivity index (χ2n) is 8.74. The van der Waals surface area contributed by atoms with Crippen LogP contribution in [0.3, 0.4) is 0 Å². The van der Waals surface area contributed by atoms with Gasteiger partial charge in [-0.05, 0) is 61.2 Å². The highest BCUT2D eigenvalue weighted by Crippen LogP contribution is 2.51. The van der Waals surface area contributed by atoms with Crippen LogP contribution in [0.15, 0.2) is 54.6 Å². The van der Waals surface area contributed by atoms with Gasteiger partial charge in [0.25, 0.3) is 5.91 Å². The van der Waals surface area contributed by atoms with E-state index in [1.807, 2.05) is 49.4 Å². The Balaban J connectivity index is 0.00000274. The molecule has 0 radical (unpaired) electrons. The smallest absolute Gasteiger partial charge is 0.253 e. The van der Waals surface area contributed by atoms with Gasteiger partial charge >= 0.3 is 0 Å². The minimum Gasteiger partial charge on any atom is -0.454 e. The van der Waals surface area contributed by atoms with E-state index in [4.69, 9.17) is 14.5 Å². The molecule has 3 aromatic rings. The van der Waals surface area contributed by atoms with Gasteiger partial charge < -0.3 is 19.7 Å². The van der Waals surface area contributed by atoms with E-state index in [9.17, 15) is 9.59 Å². The molecule has 1 N–H and O–H groups in total. The first-order valence-corrected chi connectivity index (χ1v) is 10.9. The second-order valence-corrected chi connectivity index (χ2v) is 8.74. The summed E-state index contributed by atoms with van der Waals surface area (Å²) in [6.07, 6.45) is 1.55. The number of anilines is 1. The van der Waals surface area contributed by atoms with Crippen molar-refractivity contribution in [3.63, 3.8) is 0 Å². The SMILES string of the molecule is Cc1ccc(NC(=O)C2(c3ccc4c(c3)OCO4)CC2)nc1-c1ccc(C(=O)N(C)C)cc1.[HH]. The summed E-state index contributed by atoms with van der Waals surface area (Å²) in [7, 11) is 3.45. The normalized spacial score (nSPS) is 15.1. The molecule has 2 aromatic carbocycles. The van der Waals surface area contributed by atoms with Crippen LogP contribution in [0.1, 0.15) is 35.8 Å². The summed E-state index contributed by atoms with van der Waals surface area (Å²) in [6, 6.07) is 16.8. The van der Waals surface area contributed by atoms with E-state index in [0.717, 1.165) is 35.2 Å². The molecule has 5 rings (SSSR count). The summed E-state index contributed by atoms with van der Waals surface area (Å²) in [5.74, 6) is 1.76. The third-order valence-corrected chi connectivity index (χ3v) is 6.26. The highest BCUT2D eigenvalue weighted by atomic mass is 16.7. The van der Waals surface area contributed by atoms with Crippen LogP contribution >= 0.6 is 0 Å². The molecule has 33 heavy (non-hydrogen) atoms. The monoisotopic (exact) mass is 445 g/mol. The number of benzene rings is 2. The average Bonchev–Trinajstić information content (AvgIpc) is 3.50. The Labute approximate surface area is 193 Å². The molecule has 0 saturated heterocycles. The molecule has 0 bridgehead atoms. The van der Waals surface area contributed by atoms with Crippen molar-refractivity contribution in [1.82, 2.24) is 9.88 Å². The van der Waals surface area contributed by atoms with Gasteiger partial charge in [0.15, 0.2) is 11.5 Å². The van der Waals surface area contributed by atoms with E-state index in [1.165, 1.54) is 0 Å². The predicted octanol–water partition coefficient (Wildman–Crippen LogP) is 4.40. The van der Waals surface area contributed by atoms with Gasteiger partial charge in [0, 0.05) is 26.6 Å². The highest BCUT2D eigenvalue weighted by Gasteiger charge is 2.51. The zero-order valence-electron chi connectivity index (χ0n) is 18.8. The second kappa shape index (κ2) is 7.92. The third kappa shape index (κ3) is 3.80. The number of pyridine rings is 1. The molecule has 1 aromatic heterocycles. The quantitative estimate of drug-likeness (QED) is 0.629. The number of hydrogen-bond donors (Lipinski definition) is 1. The van der Waals surface area contributed by atoms with Crippen molar-refractivity contribution < 1.29 is 20.5 Å². The number of rotatable bonds is 5. The van der Waals surface area contributed by atoms with E-state index in [2.05, 4.69) is 5.32 Å². The van der Waals surface area contributed by atoms with E-state index >= 15 is 0 Å². The fourth-order valence-corrected chi connectivity index (χ4v) is 4.12. The first kappa shape index (κ1) is 21.0. The Bertz CT molecular complexity index is 1250. The molecule has 1 saturated carbocycles. The Kier molecular flexibility index (Phi) is 5.04. The van der Waals surface area contributed by atoms with Crippen molar-refractivity contribution >= 4 is 17.6 Å². The first-order valence-electron chi connectivity index (χ1n) is 10.9. The van der Waals surface area contributed by atoms with Gasteiger partial charge in [0.2, 0.25) is 12.7 Å². The number of nitrogens with one attached hydrogen (secondary N) is 1. The van der Waals surface area contributed by atoms with E-state index in [1.54, 1.807) is 31.1 Å². The molecule has 170 valence electrons. The van der Waals surface area contributed by atoms with Crippen molar-refractivity contribution in [3.05, 3.63) is 71.3 Å². The van der Waals surface area contributed by atoms with Crippen LogP contribution in [-0.2, 0) is 10.2 Å². The van der Waals surface area contributed by atoms with Gasteiger partial charge in [-0.15, -0.1) is 0 Å². The fraction of sp³-hybridized carbons (Fsp3) is 0.269. The van der Waals surface area contributed by atoms with Gasteiger partial charge in [0.05, 0.1) is 11.1 Å². The lowest BCUT2D eigenvalue weighted by atomic mass is 9.94. The maximum Gasteiger partial charge on any atom is 0.253 e. The van der Waals surface area contributed by atoms with Crippen LogP contribution in [-0.4, -0.2) is 42.6 Å². The molecular weight excluding hydrogens is 418 g/mol. The van der Waals surface area contributed by atoms with E-state index in [0.29, 0.717) is 22.9 Å². The molecule has 2 aliphatic rings. The summed E-state index contributed by atoms with van der Waals surface area (Å²) in [5, 5.41) is 3.01. The number of ether oxygens (including phenoxy) is 2. The number of amides is 2. The predicted molar refractivity (Wildman–Crippen MR) is 127 cm³/mol. The van der Waals surface area contributed by atoms with Crippen LogP contribution in [0.4, 0.5) is 5.82 Å². The molecule has 0 atom stereocenters. The number of nitrogens with zero attached hydrogens (tertiary/aromatic N) is 2. The van der Waals surface area contributed by atoms with E-state index < -0.39 is 5.41 Å². The van der Waals surface area contributed by atoms with Crippen molar-refractivity contribution in [2.75, 3.05) is 26.2 Å². The van der Waals surface area contributed by atoms with Crippen LogP contribution in [0.5, 0.6) is 11.5 Å². The number of aryl methyl sites for hydroxylation is 1. The summed E-state index contributed by atoms with van der Waals surface area (Å²) < 4.78 is 10.9. The fourth-order valence-electron chi connectivity index (χ4n) is 4.12. The van der Waals surface area contributed by atoms with Crippen molar-refractivity contribution in [3.8, 4) is 22.8 Å². The van der Waals surface area contributed by atoms with Crippen LogP contribution in [0.25, 0.3) is 11.3 Å². The van der Waals surface area contributed by atoms with Crippen molar-refractivity contribution in [2.24, 2.45) is 0 Å². The van der Waals surface area contributed by atoms with E-state index in [-0.39, 0.29) is 20.0 Å². The third-order valence-electron chi connectivity index (χ3n) is 6.26. The zero-order valence-corrected chi connectivity index (χ0v) is 18.8. The lowest BCUT2D eigenvalue weighted by molar-refractivity contribution is -0.118. The maximum absolute atomic E-state index is 13.2. The minimum atomic E-state index is -0.568. The van der Waals surface area contributed by atoms with Gasteiger partial charge in [-0.3, -0.25) is 9.59 Å². The summed E-state index contributed by atoms with van der Waals surface area (Å²) in [6.45, 7) is 2.18. The maximum atomic E-state index is 13.2. The Hall–Kier alpha value is -3.87. The molecule has 0 unspecified atom stereocenters. The molecule has 7 heteroatoms.